The van der Waals surface area contributed by atoms with E-state index in [2.05, 4.69) is 12.2 Å². The number of hydrogen-bond donors (Lipinski definition) is 1. The average molecular weight is 271 g/mol. The first-order chi connectivity index (χ1) is 9.08. The quantitative estimate of drug-likeness (QED) is 0.723. The van der Waals surface area contributed by atoms with Gasteiger partial charge in [0.2, 0.25) is 0 Å². The van der Waals surface area contributed by atoms with Crippen LogP contribution in [0.15, 0.2) is 0 Å². The minimum atomic E-state index is -0.357. The fourth-order valence-corrected chi connectivity index (χ4v) is 2.81. The van der Waals surface area contributed by atoms with E-state index in [0.717, 1.165) is 12.8 Å². The van der Waals surface area contributed by atoms with Gasteiger partial charge in [0.25, 0.3) is 0 Å². The Labute approximate surface area is 117 Å². The van der Waals surface area contributed by atoms with Gasteiger partial charge in [-0.15, -0.1) is 0 Å². The number of carbonyl (C=O) groups excluding carboxylic acids is 1. The van der Waals surface area contributed by atoms with Crippen LogP contribution in [0.3, 0.4) is 0 Å². The Morgan fingerprint density at radius 3 is 2.58 bits per heavy atom. The number of rotatable bonds is 7. The molecule has 0 saturated heterocycles. The van der Waals surface area contributed by atoms with Crippen molar-refractivity contribution in [3.63, 3.8) is 0 Å². The van der Waals surface area contributed by atoms with Gasteiger partial charge in [-0.1, -0.05) is 40.0 Å². The van der Waals surface area contributed by atoms with Crippen molar-refractivity contribution >= 4 is 5.97 Å². The monoisotopic (exact) mass is 271 g/mol. The third-order valence-electron chi connectivity index (χ3n) is 3.86. The molecular formula is C15H29NO3. The van der Waals surface area contributed by atoms with E-state index in [1.54, 1.807) is 0 Å². The van der Waals surface area contributed by atoms with Crippen molar-refractivity contribution in [2.75, 3.05) is 13.7 Å². The van der Waals surface area contributed by atoms with Gasteiger partial charge in [0.15, 0.2) is 0 Å². The van der Waals surface area contributed by atoms with Gasteiger partial charge >= 0.3 is 5.97 Å². The summed E-state index contributed by atoms with van der Waals surface area (Å²) in [5.41, 5.74) is 0. The summed E-state index contributed by atoms with van der Waals surface area (Å²) in [6.07, 6.45) is 6.38. The van der Waals surface area contributed by atoms with Crippen LogP contribution in [0.1, 0.15) is 52.9 Å². The predicted octanol–water partition coefficient (Wildman–Crippen LogP) is 2.51. The molecule has 4 heteroatoms. The van der Waals surface area contributed by atoms with Crippen LogP contribution in [0.4, 0.5) is 0 Å². The Hall–Kier alpha value is -0.610. The van der Waals surface area contributed by atoms with Crippen molar-refractivity contribution in [1.29, 1.82) is 0 Å². The fraction of sp³-hybridized carbons (Fsp3) is 0.933. The molecule has 0 aliphatic heterocycles. The molecule has 0 radical (unpaired) electrons. The molecule has 0 aromatic carbocycles. The zero-order valence-corrected chi connectivity index (χ0v) is 12.8. The predicted molar refractivity (Wildman–Crippen MR) is 76.1 cm³/mol. The first-order valence-corrected chi connectivity index (χ1v) is 7.54. The van der Waals surface area contributed by atoms with Crippen molar-refractivity contribution in [2.45, 2.75) is 71.1 Å². The lowest BCUT2D eigenvalue weighted by Gasteiger charge is -2.32. The molecule has 0 bridgehead atoms. The van der Waals surface area contributed by atoms with Gasteiger partial charge in [0.05, 0.1) is 19.8 Å². The first-order valence-electron chi connectivity index (χ1n) is 7.54. The minimum Gasteiger partial charge on any atom is -0.468 e. The summed E-state index contributed by atoms with van der Waals surface area (Å²) in [7, 11) is 1.42. The lowest BCUT2D eigenvalue weighted by molar-refractivity contribution is -0.146. The Kier molecular flexibility index (Phi) is 7.39. The third-order valence-corrected chi connectivity index (χ3v) is 3.86. The Morgan fingerprint density at radius 1 is 1.32 bits per heavy atom. The molecule has 3 unspecified atom stereocenters. The van der Waals surface area contributed by atoms with E-state index >= 15 is 0 Å². The zero-order chi connectivity index (χ0) is 14.3. The second kappa shape index (κ2) is 8.54. The van der Waals surface area contributed by atoms with E-state index in [1.807, 2.05) is 13.8 Å². The highest BCUT2D eigenvalue weighted by molar-refractivity contribution is 5.75. The average Bonchev–Trinajstić information content (AvgIpc) is 2.42. The number of esters is 1. The van der Waals surface area contributed by atoms with E-state index in [1.165, 1.54) is 26.4 Å². The highest BCUT2D eigenvalue weighted by Gasteiger charge is 2.27. The van der Waals surface area contributed by atoms with E-state index in [4.69, 9.17) is 9.47 Å². The van der Waals surface area contributed by atoms with Crippen LogP contribution in [-0.4, -0.2) is 37.9 Å². The van der Waals surface area contributed by atoms with Crippen LogP contribution in [0.2, 0.25) is 0 Å². The van der Waals surface area contributed by atoms with Crippen molar-refractivity contribution in [2.24, 2.45) is 5.92 Å². The standard InChI is InChI=1S/C15H29NO3/c1-5-12-8-6-7-9-14(12)19-10-13(15(17)18-4)16-11(2)3/h11-14,16H,5-10H2,1-4H3. The van der Waals surface area contributed by atoms with E-state index in [-0.39, 0.29) is 18.1 Å². The Balaban J connectivity index is 2.47. The van der Waals surface area contributed by atoms with Crippen molar-refractivity contribution in [3.8, 4) is 0 Å². The number of ether oxygens (including phenoxy) is 2. The molecule has 4 nitrogen and oxygen atoms in total. The molecule has 1 saturated carbocycles. The second-order valence-electron chi connectivity index (χ2n) is 5.72. The van der Waals surface area contributed by atoms with E-state index in [9.17, 15) is 4.79 Å². The van der Waals surface area contributed by atoms with Gasteiger partial charge < -0.3 is 14.8 Å². The second-order valence-corrected chi connectivity index (χ2v) is 5.72. The van der Waals surface area contributed by atoms with Gasteiger partial charge in [0.1, 0.15) is 6.04 Å². The molecule has 1 N–H and O–H groups in total. The van der Waals surface area contributed by atoms with Crippen molar-refractivity contribution in [3.05, 3.63) is 0 Å². The van der Waals surface area contributed by atoms with Crippen LogP contribution in [-0.2, 0) is 14.3 Å². The molecule has 0 amide bonds. The topological polar surface area (TPSA) is 47.6 Å². The Bertz CT molecular complexity index is 268. The van der Waals surface area contributed by atoms with E-state index < -0.39 is 0 Å². The Morgan fingerprint density at radius 2 is 2.00 bits per heavy atom. The van der Waals surface area contributed by atoms with Crippen LogP contribution in [0, 0.1) is 5.92 Å². The van der Waals surface area contributed by atoms with Gasteiger partial charge in [-0.3, -0.25) is 4.79 Å². The summed E-state index contributed by atoms with van der Waals surface area (Å²) in [4.78, 5) is 11.7. The van der Waals surface area contributed by atoms with E-state index in [0.29, 0.717) is 18.6 Å². The van der Waals surface area contributed by atoms with Crippen LogP contribution >= 0.6 is 0 Å². The molecule has 1 aliphatic rings. The van der Waals surface area contributed by atoms with Gasteiger partial charge in [-0.05, 0) is 18.8 Å². The lowest BCUT2D eigenvalue weighted by atomic mass is 9.85. The third kappa shape index (κ3) is 5.49. The highest BCUT2D eigenvalue weighted by Crippen LogP contribution is 2.29. The fourth-order valence-electron chi connectivity index (χ4n) is 2.81. The van der Waals surface area contributed by atoms with Crippen molar-refractivity contribution < 1.29 is 14.3 Å². The summed E-state index contributed by atoms with van der Waals surface area (Å²) in [5.74, 6) is 0.406. The molecule has 0 heterocycles. The lowest BCUT2D eigenvalue weighted by Crippen LogP contribution is -2.46. The maximum Gasteiger partial charge on any atom is 0.325 e. The summed E-state index contributed by atoms with van der Waals surface area (Å²) in [6, 6.07) is -0.120. The molecule has 1 aliphatic carbocycles. The molecule has 112 valence electrons. The molecule has 0 aromatic rings. The first kappa shape index (κ1) is 16.4. The van der Waals surface area contributed by atoms with Crippen molar-refractivity contribution in [1.82, 2.24) is 5.32 Å². The minimum absolute atomic E-state index is 0.237. The zero-order valence-electron chi connectivity index (χ0n) is 12.8. The molecular weight excluding hydrogens is 242 g/mol. The molecule has 19 heavy (non-hydrogen) atoms. The molecule has 0 aromatic heterocycles. The number of methoxy groups -OCH3 is 1. The highest BCUT2D eigenvalue weighted by atomic mass is 16.5. The smallest absolute Gasteiger partial charge is 0.325 e. The molecule has 3 atom stereocenters. The summed E-state index contributed by atoms with van der Waals surface area (Å²) in [6.45, 7) is 6.67. The van der Waals surface area contributed by atoms with Gasteiger partial charge in [-0.2, -0.15) is 0 Å². The number of carbonyl (C=O) groups is 1. The number of nitrogens with one attached hydrogen (secondary N) is 1. The maximum absolute atomic E-state index is 11.7. The van der Waals surface area contributed by atoms with Crippen LogP contribution in [0.5, 0.6) is 0 Å². The van der Waals surface area contributed by atoms with Gasteiger partial charge in [0, 0.05) is 6.04 Å². The molecule has 1 rings (SSSR count). The largest absolute Gasteiger partial charge is 0.468 e. The summed E-state index contributed by atoms with van der Waals surface area (Å²) in [5, 5.41) is 3.20. The SMILES string of the molecule is CCC1CCCCC1OCC(NC(C)C)C(=O)OC. The van der Waals surface area contributed by atoms with Crippen LogP contribution < -0.4 is 5.32 Å². The normalized spacial score (nSPS) is 25.3. The van der Waals surface area contributed by atoms with Gasteiger partial charge in [-0.25, -0.2) is 0 Å². The maximum atomic E-state index is 11.7. The number of hydrogen-bond acceptors (Lipinski definition) is 4. The summed E-state index contributed by atoms with van der Waals surface area (Å²) >= 11 is 0. The molecule has 1 fully saturated rings. The summed E-state index contributed by atoms with van der Waals surface area (Å²) < 4.78 is 10.8. The van der Waals surface area contributed by atoms with Crippen LogP contribution in [0.25, 0.3) is 0 Å². The molecule has 0 spiro atoms.